The van der Waals surface area contributed by atoms with Crippen LogP contribution in [0.3, 0.4) is 0 Å². The van der Waals surface area contributed by atoms with Gasteiger partial charge in [-0.25, -0.2) is 0 Å². The Hall–Kier alpha value is -0.250. The van der Waals surface area contributed by atoms with Crippen LogP contribution in [0.4, 0.5) is 13.2 Å². The third-order valence-electron chi connectivity index (χ3n) is 4.64. The molecule has 96 valence electrons. The van der Waals surface area contributed by atoms with Crippen LogP contribution in [0.5, 0.6) is 0 Å². The fourth-order valence-corrected chi connectivity index (χ4v) is 3.05. The summed E-state index contributed by atoms with van der Waals surface area (Å²) in [6.45, 7) is 8.54. The molecule has 0 heterocycles. The normalized spacial score (nSPS) is 25.5. The van der Waals surface area contributed by atoms with Crippen LogP contribution >= 0.6 is 0 Å². The fourth-order valence-electron chi connectivity index (χ4n) is 3.05. The van der Waals surface area contributed by atoms with E-state index >= 15 is 0 Å². The Labute approximate surface area is 95.8 Å². The number of nitrogens with one attached hydrogen (secondary N) is 1. The van der Waals surface area contributed by atoms with E-state index in [1.165, 1.54) is 0 Å². The van der Waals surface area contributed by atoms with Crippen molar-refractivity contribution in [1.29, 1.82) is 0 Å². The minimum absolute atomic E-state index is 0.0355. The molecule has 0 saturated heterocycles. The van der Waals surface area contributed by atoms with Gasteiger partial charge in [0.25, 0.3) is 0 Å². The first-order valence-corrected chi connectivity index (χ1v) is 5.78. The van der Waals surface area contributed by atoms with E-state index < -0.39 is 12.6 Å². The molecule has 1 aliphatic rings. The molecule has 0 bridgehead atoms. The highest BCUT2D eigenvalue weighted by molar-refractivity contribution is 5.16. The van der Waals surface area contributed by atoms with Gasteiger partial charge in [-0.2, -0.15) is 13.2 Å². The highest BCUT2D eigenvalue weighted by Gasteiger charge is 2.66. The van der Waals surface area contributed by atoms with Crippen molar-refractivity contribution in [3.63, 3.8) is 0 Å². The lowest BCUT2D eigenvalue weighted by Crippen LogP contribution is -2.31. The molecule has 1 atom stereocenters. The lowest BCUT2D eigenvalue weighted by Gasteiger charge is -2.19. The zero-order chi connectivity index (χ0) is 12.8. The average Bonchev–Trinajstić information content (AvgIpc) is 2.46. The van der Waals surface area contributed by atoms with Crippen molar-refractivity contribution in [3.05, 3.63) is 0 Å². The van der Waals surface area contributed by atoms with Gasteiger partial charge in [-0.3, -0.25) is 0 Å². The summed E-state index contributed by atoms with van der Waals surface area (Å²) in [6.07, 6.45) is -4.56. The van der Waals surface area contributed by atoms with E-state index in [-0.39, 0.29) is 23.3 Å². The van der Waals surface area contributed by atoms with Crippen LogP contribution in [0, 0.1) is 16.7 Å². The van der Waals surface area contributed by atoms with E-state index in [0.717, 1.165) is 0 Å². The topological polar surface area (TPSA) is 12.0 Å². The van der Waals surface area contributed by atoms with E-state index in [1.54, 1.807) is 7.05 Å². The Morgan fingerprint density at radius 3 is 1.81 bits per heavy atom. The van der Waals surface area contributed by atoms with Gasteiger partial charge in [-0.1, -0.05) is 27.7 Å². The van der Waals surface area contributed by atoms with Crippen molar-refractivity contribution in [2.45, 2.75) is 52.8 Å². The summed E-state index contributed by atoms with van der Waals surface area (Å²) in [4.78, 5) is 0. The number of rotatable bonds is 4. The predicted molar refractivity (Wildman–Crippen MR) is 59.2 cm³/mol. The van der Waals surface area contributed by atoms with Crippen LogP contribution in [0.1, 0.15) is 40.5 Å². The molecule has 0 spiro atoms. The van der Waals surface area contributed by atoms with E-state index in [9.17, 15) is 13.2 Å². The summed E-state index contributed by atoms with van der Waals surface area (Å²) in [6, 6.07) is -0.0355. The monoisotopic (exact) mass is 237 g/mol. The summed E-state index contributed by atoms with van der Waals surface area (Å²) in [7, 11) is 1.76. The molecule has 0 aromatic rings. The first-order valence-electron chi connectivity index (χ1n) is 5.78. The van der Waals surface area contributed by atoms with Crippen molar-refractivity contribution < 1.29 is 13.2 Å². The number of halogens is 3. The largest absolute Gasteiger partial charge is 0.389 e. The van der Waals surface area contributed by atoms with Crippen LogP contribution in [0.15, 0.2) is 0 Å². The minimum atomic E-state index is -4.04. The molecule has 0 aliphatic heterocycles. The van der Waals surface area contributed by atoms with Crippen LogP contribution in [0.25, 0.3) is 0 Å². The Morgan fingerprint density at radius 1 is 1.12 bits per heavy atom. The van der Waals surface area contributed by atoms with Gasteiger partial charge in [0.1, 0.15) is 0 Å². The Balaban J connectivity index is 2.58. The number of alkyl halides is 3. The highest BCUT2D eigenvalue weighted by Crippen LogP contribution is 2.70. The Kier molecular flexibility index (Phi) is 3.36. The number of hydrogen-bond donors (Lipinski definition) is 1. The molecule has 0 aromatic heterocycles. The molecular weight excluding hydrogens is 215 g/mol. The number of hydrogen-bond acceptors (Lipinski definition) is 1. The first-order chi connectivity index (χ1) is 7.04. The van der Waals surface area contributed by atoms with Gasteiger partial charge < -0.3 is 5.32 Å². The molecule has 0 aromatic carbocycles. The van der Waals surface area contributed by atoms with E-state index in [4.69, 9.17) is 0 Å². The molecule has 0 amide bonds. The minimum Gasteiger partial charge on any atom is -0.317 e. The maximum atomic E-state index is 12.2. The summed E-state index contributed by atoms with van der Waals surface area (Å²) in [5.74, 6) is 0.326. The van der Waals surface area contributed by atoms with Crippen molar-refractivity contribution in [1.82, 2.24) is 5.32 Å². The summed E-state index contributed by atoms with van der Waals surface area (Å²) in [5, 5.41) is 3.05. The van der Waals surface area contributed by atoms with Gasteiger partial charge >= 0.3 is 6.18 Å². The zero-order valence-corrected chi connectivity index (χ0v) is 10.7. The molecule has 1 aliphatic carbocycles. The SMILES string of the molecule is CNC(CCC(F)(F)F)C1C(C)(C)C1(C)C. The molecule has 4 heteroatoms. The van der Waals surface area contributed by atoms with Gasteiger partial charge in [0, 0.05) is 12.5 Å². The molecule has 1 saturated carbocycles. The lowest BCUT2D eigenvalue weighted by atomic mass is 10.00. The van der Waals surface area contributed by atoms with Gasteiger partial charge in [0.15, 0.2) is 0 Å². The quantitative estimate of drug-likeness (QED) is 0.787. The van der Waals surface area contributed by atoms with E-state index in [0.29, 0.717) is 5.92 Å². The van der Waals surface area contributed by atoms with Crippen LogP contribution in [-0.2, 0) is 0 Å². The van der Waals surface area contributed by atoms with Gasteiger partial charge in [-0.15, -0.1) is 0 Å². The van der Waals surface area contributed by atoms with E-state index in [1.807, 2.05) is 0 Å². The maximum Gasteiger partial charge on any atom is 0.389 e. The van der Waals surface area contributed by atoms with Crippen molar-refractivity contribution >= 4 is 0 Å². The standard InChI is InChI=1S/C12H22F3N/c1-10(2)9(11(10,3)4)8(16-5)6-7-12(13,14)15/h8-9,16H,6-7H2,1-5H3. The highest BCUT2D eigenvalue weighted by atomic mass is 19.4. The predicted octanol–water partition coefficient (Wildman–Crippen LogP) is 3.60. The second-order valence-corrected chi connectivity index (χ2v) is 5.97. The van der Waals surface area contributed by atoms with E-state index in [2.05, 4.69) is 33.0 Å². The molecule has 1 N–H and O–H groups in total. The van der Waals surface area contributed by atoms with Crippen LogP contribution in [-0.4, -0.2) is 19.3 Å². The molecule has 1 fully saturated rings. The van der Waals surface area contributed by atoms with Gasteiger partial charge in [0.05, 0.1) is 0 Å². The molecule has 1 nitrogen and oxygen atoms in total. The molecule has 16 heavy (non-hydrogen) atoms. The molecule has 1 rings (SSSR count). The summed E-state index contributed by atoms with van der Waals surface area (Å²) >= 11 is 0. The smallest absolute Gasteiger partial charge is 0.317 e. The third kappa shape index (κ3) is 2.36. The van der Waals surface area contributed by atoms with Crippen molar-refractivity contribution in [3.8, 4) is 0 Å². The second-order valence-electron chi connectivity index (χ2n) is 5.97. The zero-order valence-electron chi connectivity index (χ0n) is 10.7. The summed E-state index contributed by atoms with van der Waals surface area (Å²) < 4.78 is 36.6. The summed E-state index contributed by atoms with van der Waals surface area (Å²) in [5.41, 5.74) is 0.262. The average molecular weight is 237 g/mol. The van der Waals surface area contributed by atoms with Crippen LogP contribution in [0.2, 0.25) is 0 Å². The lowest BCUT2D eigenvalue weighted by molar-refractivity contribution is -0.137. The van der Waals surface area contributed by atoms with Gasteiger partial charge in [0.2, 0.25) is 0 Å². The molecule has 1 unspecified atom stereocenters. The fraction of sp³-hybridized carbons (Fsp3) is 1.00. The second kappa shape index (κ2) is 3.90. The van der Waals surface area contributed by atoms with Gasteiger partial charge in [-0.05, 0) is 30.2 Å². The Morgan fingerprint density at radius 2 is 1.56 bits per heavy atom. The first kappa shape index (κ1) is 13.8. The Bertz CT molecular complexity index is 241. The molecular formula is C12H22F3N. The molecule has 0 radical (unpaired) electrons. The third-order valence-corrected chi connectivity index (χ3v) is 4.64. The maximum absolute atomic E-state index is 12.2. The van der Waals surface area contributed by atoms with Crippen molar-refractivity contribution in [2.24, 2.45) is 16.7 Å². The van der Waals surface area contributed by atoms with Crippen molar-refractivity contribution in [2.75, 3.05) is 7.05 Å². The van der Waals surface area contributed by atoms with Crippen LogP contribution < -0.4 is 5.32 Å².